The summed E-state index contributed by atoms with van der Waals surface area (Å²) < 4.78 is 13.0. The highest BCUT2D eigenvalue weighted by molar-refractivity contribution is 6.10. The van der Waals surface area contributed by atoms with Crippen molar-refractivity contribution >= 4 is 43.9 Å². The zero-order valence-electron chi connectivity index (χ0n) is 33.9. The third-order valence-corrected chi connectivity index (χ3v) is 13.6. The van der Waals surface area contributed by atoms with Crippen molar-refractivity contribution in [3.05, 3.63) is 187 Å². The number of nitrogens with zero attached hydrogens (tertiary/aromatic N) is 3. The zero-order valence-corrected chi connectivity index (χ0v) is 33.9. The molecule has 11 aromatic rings. The van der Waals surface area contributed by atoms with Crippen molar-refractivity contribution < 1.29 is 8.83 Å². The van der Waals surface area contributed by atoms with Gasteiger partial charge in [-0.2, -0.15) is 0 Å². The van der Waals surface area contributed by atoms with E-state index in [4.69, 9.17) is 23.8 Å². The van der Waals surface area contributed by atoms with E-state index < -0.39 is 0 Å². The van der Waals surface area contributed by atoms with Crippen LogP contribution in [0.3, 0.4) is 0 Å². The Hall–Kier alpha value is -7.63. The molecule has 1 spiro atoms. The van der Waals surface area contributed by atoms with E-state index in [2.05, 4.69) is 115 Å². The average Bonchev–Trinajstić information content (AvgIpc) is 4.00. The van der Waals surface area contributed by atoms with Gasteiger partial charge < -0.3 is 8.83 Å². The van der Waals surface area contributed by atoms with E-state index >= 15 is 0 Å². The summed E-state index contributed by atoms with van der Waals surface area (Å²) in [5.74, 6) is 1.64. The molecule has 0 amide bonds. The number of furan rings is 2. The number of hydrogen-bond acceptors (Lipinski definition) is 5. The average molecular weight is 798 g/mol. The van der Waals surface area contributed by atoms with Crippen molar-refractivity contribution in [3.63, 3.8) is 0 Å². The molecule has 2 aliphatic carbocycles. The highest BCUT2D eigenvalue weighted by atomic mass is 16.3. The Labute approximate surface area is 358 Å². The highest BCUT2D eigenvalue weighted by Crippen LogP contribution is 2.57. The van der Waals surface area contributed by atoms with Gasteiger partial charge in [0.05, 0.1) is 11.1 Å². The Balaban J connectivity index is 0.896. The first kappa shape index (κ1) is 35.2. The maximum Gasteiger partial charge on any atom is 0.167 e. The largest absolute Gasteiger partial charge is 0.455 e. The van der Waals surface area contributed by atoms with Gasteiger partial charge in [-0.25, -0.2) is 15.0 Å². The first-order chi connectivity index (χ1) is 30.7. The van der Waals surface area contributed by atoms with Crippen LogP contribution in [0.25, 0.3) is 111 Å². The summed E-state index contributed by atoms with van der Waals surface area (Å²) in [6.45, 7) is 0. The number of rotatable bonds is 5. The van der Waals surface area contributed by atoms with Crippen molar-refractivity contribution in [2.45, 2.75) is 37.5 Å². The summed E-state index contributed by atoms with van der Waals surface area (Å²) in [5.41, 5.74) is 16.5. The first-order valence-corrected chi connectivity index (χ1v) is 21.7. The molecule has 2 aliphatic rings. The Morgan fingerprint density at radius 3 is 1.42 bits per heavy atom. The van der Waals surface area contributed by atoms with Gasteiger partial charge in [0.2, 0.25) is 0 Å². The lowest BCUT2D eigenvalue weighted by Gasteiger charge is -2.36. The molecule has 8 aromatic carbocycles. The fourth-order valence-corrected chi connectivity index (χ4v) is 10.7. The molecule has 0 unspecified atom stereocenters. The van der Waals surface area contributed by atoms with Gasteiger partial charge in [0.15, 0.2) is 17.5 Å². The second-order valence-corrected chi connectivity index (χ2v) is 16.9. The third-order valence-electron chi connectivity index (χ3n) is 13.6. The Bertz CT molecular complexity index is 3420. The molecule has 0 radical (unpaired) electrons. The molecule has 0 aliphatic heterocycles. The molecule has 3 heterocycles. The van der Waals surface area contributed by atoms with E-state index in [-0.39, 0.29) is 5.41 Å². The Morgan fingerprint density at radius 2 is 0.790 bits per heavy atom. The van der Waals surface area contributed by atoms with E-state index in [0.29, 0.717) is 17.5 Å². The fraction of sp³-hybridized carbons (Fsp3) is 0.105. The molecular formula is C57H39N3O2. The quantitative estimate of drug-likeness (QED) is 0.174. The van der Waals surface area contributed by atoms with E-state index in [9.17, 15) is 0 Å². The van der Waals surface area contributed by atoms with Crippen LogP contribution in [0.15, 0.2) is 185 Å². The smallest absolute Gasteiger partial charge is 0.167 e. The molecule has 0 N–H and O–H groups in total. The molecule has 5 heteroatoms. The third kappa shape index (κ3) is 5.31. The molecule has 294 valence electrons. The predicted molar refractivity (Wildman–Crippen MR) is 251 cm³/mol. The summed E-state index contributed by atoms with van der Waals surface area (Å²) in [4.78, 5) is 15.5. The molecule has 0 atom stereocenters. The molecule has 1 fully saturated rings. The van der Waals surface area contributed by atoms with Crippen molar-refractivity contribution in [1.29, 1.82) is 0 Å². The van der Waals surface area contributed by atoms with Gasteiger partial charge in [0, 0.05) is 32.5 Å². The molecule has 1 saturated carbocycles. The Kier molecular flexibility index (Phi) is 7.77. The van der Waals surface area contributed by atoms with Gasteiger partial charge in [-0.1, -0.05) is 171 Å². The van der Waals surface area contributed by atoms with Crippen LogP contribution in [-0.2, 0) is 5.41 Å². The second kappa shape index (κ2) is 13.7. The molecular weight excluding hydrogens is 759 g/mol. The lowest BCUT2D eigenvalue weighted by molar-refractivity contribution is 0.353. The number of aromatic nitrogens is 3. The summed E-state index contributed by atoms with van der Waals surface area (Å²) in [6.07, 6.45) is 6.38. The van der Waals surface area contributed by atoms with Crippen LogP contribution in [0.4, 0.5) is 0 Å². The van der Waals surface area contributed by atoms with Gasteiger partial charge in [-0.05, 0) is 81.6 Å². The van der Waals surface area contributed by atoms with Crippen LogP contribution < -0.4 is 0 Å². The number of para-hydroxylation sites is 4. The highest BCUT2D eigenvalue weighted by Gasteiger charge is 2.44. The zero-order chi connectivity index (χ0) is 40.8. The van der Waals surface area contributed by atoms with Crippen molar-refractivity contribution in [1.82, 2.24) is 15.0 Å². The summed E-state index contributed by atoms with van der Waals surface area (Å²) >= 11 is 0. The van der Waals surface area contributed by atoms with Crippen LogP contribution >= 0.6 is 0 Å². The van der Waals surface area contributed by atoms with Crippen LogP contribution in [0, 0.1) is 0 Å². The standard InChI is InChI=1S/C57H39N3O2/c1-8-33-57(34-9-1)47-21-5-2-15-44(47)51-39(16-12-22-48(51)57)37-29-25-35(26-30-37)36-27-31-38(32-28-36)54-58-55(45-19-10-17-42-40-13-3-6-23-49(40)61-52(42)45)60-56(59-54)46-20-11-18-43-41-14-4-7-24-50(41)62-53(43)46/h2-7,10-32H,1,8-9,33-34H2. The van der Waals surface area contributed by atoms with Crippen molar-refractivity contribution in [2.75, 3.05) is 0 Å². The number of benzene rings is 8. The predicted octanol–water partition coefficient (Wildman–Crippen LogP) is 15.2. The minimum Gasteiger partial charge on any atom is -0.455 e. The number of hydrogen-bond donors (Lipinski definition) is 0. The monoisotopic (exact) mass is 797 g/mol. The molecule has 13 rings (SSSR count). The SMILES string of the molecule is c1ccc2c(c1)-c1c(-c3ccc(-c4ccc(-c5nc(-c6cccc7c6oc6ccccc67)nc(-c6cccc7c6oc6ccccc67)n5)cc4)cc3)cccc1C21CCCCC1. The van der Waals surface area contributed by atoms with Gasteiger partial charge in [0.1, 0.15) is 22.3 Å². The molecule has 3 aromatic heterocycles. The molecule has 62 heavy (non-hydrogen) atoms. The normalized spacial score (nSPS) is 14.3. The van der Waals surface area contributed by atoms with E-state index in [1.165, 1.54) is 65.5 Å². The van der Waals surface area contributed by atoms with Crippen molar-refractivity contribution in [2.24, 2.45) is 0 Å². The Morgan fingerprint density at radius 1 is 0.339 bits per heavy atom. The molecule has 0 bridgehead atoms. The maximum atomic E-state index is 6.49. The fourth-order valence-electron chi connectivity index (χ4n) is 10.7. The maximum absolute atomic E-state index is 6.49. The second-order valence-electron chi connectivity index (χ2n) is 16.9. The van der Waals surface area contributed by atoms with Crippen LogP contribution in [0.5, 0.6) is 0 Å². The summed E-state index contributed by atoms with van der Waals surface area (Å²) in [6, 6.07) is 62.3. The minimum atomic E-state index is 0.142. The topological polar surface area (TPSA) is 65.0 Å². The van der Waals surface area contributed by atoms with E-state index in [1.54, 1.807) is 0 Å². The van der Waals surface area contributed by atoms with Gasteiger partial charge in [-0.3, -0.25) is 0 Å². The molecule has 0 saturated heterocycles. The lowest BCUT2D eigenvalue weighted by Crippen LogP contribution is -2.27. The van der Waals surface area contributed by atoms with E-state index in [1.807, 2.05) is 60.7 Å². The first-order valence-electron chi connectivity index (χ1n) is 21.7. The van der Waals surface area contributed by atoms with Crippen LogP contribution in [0.2, 0.25) is 0 Å². The van der Waals surface area contributed by atoms with Crippen LogP contribution in [-0.4, -0.2) is 15.0 Å². The lowest BCUT2D eigenvalue weighted by atomic mass is 9.68. The van der Waals surface area contributed by atoms with Gasteiger partial charge in [-0.15, -0.1) is 0 Å². The van der Waals surface area contributed by atoms with Crippen molar-refractivity contribution in [3.8, 4) is 67.5 Å². The number of fused-ring (bicyclic) bond motifs is 11. The summed E-state index contributed by atoms with van der Waals surface area (Å²) in [5, 5.41) is 4.15. The van der Waals surface area contributed by atoms with E-state index in [0.717, 1.165) is 71.7 Å². The minimum absolute atomic E-state index is 0.142. The summed E-state index contributed by atoms with van der Waals surface area (Å²) in [7, 11) is 0. The van der Waals surface area contributed by atoms with Gasteiger partial charge >= 0.3 is 0 Å². The van der Waals surface area contributed by atoms with Crippen LogP contribution in [0.1, 0.15) is 43.2 Å². The molecule has 5 nitrogen and oxygen atoms in total. The van der Waals surface area contributed by atoms with Gasteiger partial charge in [0.25, 0.3) is 0 Å².